The summed E-state index contributed by atoms with van der Waals surface area (Å²) in [6.45, 7) is 2.50. The fourth-order valence-corrected chi connectivity index (χ4v) is 2.30. The predicted octanol–water partition coefficient (Wildman–Crippen LogP) is 1.44. The van der Waals surface area contributed by atoms with Gasteiger partial charge in [-0.3, -0.25) is 4.79 Å². The molecule has 1 aliphatic heterocycles. The lowest BCUT2D eigenvalue weighted by atomic mass is 10.2. The zero-order valence-electron chi connectivity index (χ0n) is 10.6. The van der Waals surface area contributed by atoms with E-state index >= 15 is 0 Å². The first kappa shape index (κ1) is 12.9. The lowest BCUT2D eigenvalue weighted by molar-refractivity contribution is -0.139. The number of carbonyl (C=O) groups excluding carboxylic acids is 1. The summed E-state index contributed by atoms with van der Waals surface area (Å²) in [7, 11) is 0. The van der Waals surface area contributed by atoms with Crippen LogP contribution in [0.3, 0.4) is 0 Å². The molecule has 1 amide bonds. The van der Waals surface area contributed by atoms with Crippen molar-refractivity contribution in [3.8, 4) is 5.75 Å². The minimum atomic E-state index is -0.514. The third-order valence-electron chi connectivity index (χ3n) is 3.27. The third-order valence-corrected chi connectivity index (χ3v) is 3.27. The Kier molecular flexibility index (Phi) is 4.20. The summed E-state index contributed by atoms with van der Waals surface area (Å²) >= 11 is 0. The Morgan fingerprint density at radius 1 is 1.50 bits per heavy atom. The van der Waals surface area contributed by atoms with Gasteiger partial charge in [0.15, 0.2) is 6.10 Å². The molecule has 2 atom stereocenters. The van der Waals surface area contributed by atoms with Gasteiger partial charge in [0.1, 0.15) is 5.75 Å². The second-order valence-corrected chi connectivity index (χ2v) is 4.58. The van der Waals surface area contributed by atoms with E-state index in [2.05, 4.69) is 0 Å². The number of benzene rings is 1. The van der Waals surface area contributed by atoms with Gasteiger partial charge in [0, 0.05) is 6.54 Å². The van der Waals surface area contributed by atoms with Gasteiger partial charge in [0.05, 0.1) is 12.6 Å². The summed E-state index contributed by atoms with van der Waals surface area (Å²) < 4.78 is 5.61. The van der Waals surface area contributed by atoms with Crippen molar-refractivity contribution < 1.29 is 14.6 Å². The van der Waals surface area contributed by atoms with Crippen LogP contribution in [-0.4, -0.2) is 41.2 Å². The molecule has 0 spiro atoms. The summed E-state index contributed by atoms with van der Waals surface area (Å²) in [4.78, 5) is 13.9. The van der Waals surface area contributed by atoms with Gasteiger partial charge in [-0.05, 0) is 31.9 Å². The van der Waals surface area contributed by atoms with Crippen molar-refractivity contribution in [2.24, 2.45) is 0 Å². The summed E-state index contributed by atoms with van der Waals surface area (Å²) in [6, 6.07) is 9.27. The largest absolute Gasteiger partial charge is 0.481 e. The molecule has 0 aromatic heterocycles. The number of hydrogen-bond acceptors (Lipinski definition) is 3. The van der Waals surface area contributed by atoms with E-state index in [-0.39, 0.29) is 18.6 Å². The van der Waals surface area contributed by atoms with Crippen LogP contribution in [-0.2, 0) is 4.79 Å². The van der Waals surface area contributed by atoms with Gasteiger partial charge in [-0.2, -0.15) is 0 Å². The number of likely N-dealkylation sites (tertiary alicyclic amines) is 1. The number of carbonyl (C=O) groups is 1. The smallest absolute Gasteiger partial charge is 0.263 e. The summed E-state index contributed by atoms with van der Waals surface area (Å²) in [5.41, 5.74) is 0. The van der Waals surface area contributed by atoms with Crippen LogP contribution in [0.5, 0.6) is 5.75 Å². The molecule has 0 saturated carbocycles. The Bertz CT molecular complexity index is 393. The molecule has 1 aliphatic rings. The van der Waals surface area contributed by atoms with Gasteiger partial charge in [0.2, 0.25) is 0 Å². The van der Waals surface area contributed by atoms with E-state index in [1.807, 2.05) is 30.3 Å². The fraction of sp³-hybridized carbons (Fsp3) is 0.500. The van der Waals surface area contributed by atoms with E-state index in [9.17, 15) is 9.90 Å². The molecule has 0 radical (unpaired) electrons. The highest BCUT2D eigenvalue weighted by atomic mass is 16.5. The van der Waals surface area contributed by atoms with Crippen LogP contribution in [0.15, 0.2) is 30.3 Å². The van der Waals surface area contributed by atoms with Crippen LogP contribution in [0.2, 0.25) is 0 Å². The van der Waals surface area contributed by atoms with Gasteiger partial charge < -0.3 is 14.7 Å². The average molecular weight is 249 g/mol. The molecule has 1 saturated heterocycles. The van der Waals surface area contributed by atoms with E-state index in [1.54, 1.807) is 11.8 Å². The maximum absolute atomic E-state index is 12.2. The maximum Gasteiger partial charge on any atom is 0.263 e. The zero-order chi connectivity index (χ0) is 13.0. The van der Waals surface area contributed by atoms with E-state index in [4.69, 9.17) is 4.74 Å². The topological polar surface area (TPSA) is 49.8 Å². The predicted molar refractivity (Wildman–Crippen MR) is 68.4 cm³/mol. The number of amides is 1. The lowest BCUT2D eigenvalue weighted by Crippen LogP contribution is -2.44. The van der Waals surface area contributed by atoms with Crippen molar-refractivity contribution in [3.05, 3.63) is 30.3 Å². The van der Waals surface area contributed by atoms with Crippen LogP contribution in [0.25, 0.3) is 0 Å². The quantitative estimate of drug-likeness (QED) is 0.878. The minimum Gasteiger partial charge on any atom is -0.481 e. The van der Waals surface area contributed by atoms with E-state index in [0.29, 0.717) is 12.3 Å². The summed E-state index contributed by atoms with van der Waals surface area (Å²) in [5.74, 6) is 0.647. The van der Waals surface area contributed by atoms with Gasteiger partial charge in [-0.25, -0.2) is 0 Å². The lowest BCUT2D eigenvalue weighted by Gasteiger charge is -2.26. The number of aliphatic hydroxyl groups is 1. The molecule has 98 valence electrons. The van der Waals surface area contributed by atoms with Crippen molar-refractivity contribution in [1.82, 2.24) is 4.90 Å². The highest BCUT2D eigenvalue weighted by Crippen LogP contribution is 2.19. The van der Waals surface area contributed by atoms with Crippen molar-refractivity contribution in [3.63, 3.8) is 0 Å². The molecule has 0 aliphatic carbocycles. The Morgan fingerprint density at radius 3 is 2.89 bits per heavy atom. The van der Waals surface area contributed by atoms with Crippen molar-refractivity contribution in [1.29, 1.82) is 0 Å². The first-order chi connectivity index (χ1) is 8.72. The summed E-state index contributed by atoms with van der Waals surface area (Å²) in [6.07, 6.45) is 1.31. The molecule has 18 heavy (non-hydrogen) atoms. The summed E-state index contributed by atoms with van der Waals surface area (Å²) in [5, 5.41) is 9.22. The molecular weight excluding hydrogens is 230 g/mol. The van der Waals surface area contributed by atoms with Gasteiger partial charge in [-0.15, -0.1) is 0 Å². The maximum atomic E-state index is 12.2. The molecule has 1 aromatic rings. The van der Waals surface area contributed by atoms with Crippen LogP contribution in [0, 0.1) is 0 Å². The molecular formula is C14H19NO3. The number of rotatable bonds is 4. The van der Waals surface area contributed by atoms with Gasteiger partial charge in [0.25, 0.3) is 5.91 Å². The molecule has 1 fully saturated rings. The first-order valence-corrected chi connectivity index (χ1v) is 6.35. The average Bonchev–Trinajstić information content (AvgIpc) is 2.87. The SMILES string of the molecule is CC(Oc1ccccc1)C(=O)N1CCC[C@@H]1CO. The highest BCUT2D eigenvalue weighted by Gasteiger charge is 2.31. The number of hydrogen-bond donors (Lipinski definition) is 1. The Hall–Kier alpha value is -1.55. The van der Waals surface area contributed by atoms with Crippen LogP contribution in [0.4, 0.5) is 0 Å². The molecule has 4 nitrogen and oxygen atoms in total. The van der Waals surface area contributed by atoms with Crippen LogP contribution >= 0.6 is 0 Å². The fourth-order valence-electron chi connectivity index (χ4n) is 2.30. The van der Waals surface area contributed by atoms with Crippen LogP contribution in [0.1, 0.15) is 19.8 Å². The number of para-hydroxylation sites is 1. The van der Waals surface area contributed by atoms with Gasteiger partial charge in [-0.1, -0.05) is 18.2 Å². The second-order valence-electron chi connectivity index (χ2n) is 4.58. The standard InChI is InChI=1S/C14H19NO3/c1-11(18-13-7-3-2-4-8-13)14(17)15-9-5-6-12(15)10-16/h2-4,7-8,11-12,16H,5-6,9-10H2,1H3/t11?,12-/m1/s1. The molecule has 1 unspecified atom stereocenters. The van der Waals surface area contributed by atoms with E-state index in [0.717, 1.165) is 12.8 Å². The molecule has 4 heteroatoms. The number of aliphatic hydroxyl groups excluding tert-OH is 1. The first-order valence-electron chi connectivity index (χ1n) is 6.35. The van der Waals surface area contributed by atoms with Gasteiger partial charge >= 0.3 is 0 Å². The number of nitrogens with zero attached hydrogens (tertiary/aromatic N) is 1. The van der Waals surface area contributed by atoms with Crippen molar-refractivity contribution in [2.75, 3.05) is 13.2 Å². The number of ether oxygens (including phenoxy) is 1. The Labute approximate surface area is 107 Å². The Morgan fingerprint density at radius 2 is 2.22 bits per heavy atom. The highest BCUT2D eigenvalue weighted by molar-refractivity contribution is 5.81. The van der Waals surface area contributed by atoms with E-state index < -0.39 is 6.10 Å². The Balaban J connectivity index is 1.96. The van der Waals surface area contributed by atoms with Crippen molar-refractivity contribution >= 4 is 5.91 Å². The normalized spacial score (nSPS) is 20.8. The van der Waals surface area contributed by atoms with Crippen LogP contribution < -0.4 is 4.74 Å². The van der Waals surface area contributed by atoms with E-state index in [1.165, 1.54) is 0 Å². The van der Waals surface area contributed by atoms with Crippen molar-refractivity contribution in [2.45, 2.75) is 31.9 Å². The molecule has 1 aromatic carbocycles. The third kappa shape index (κ3) is 2.82. The second kappa shape index (κ2) is 5.87. The zero-order valence-corrected chi connectivity index (χ0v) is 10.6. The molecule has 1 N–H and O–H groups in total. The minimum absolute atomic E-state index is 0.0315. The molecule has 1 heterocycles. The molecule has 2 rings (SSSR count). The monoisotopic (exact) mass is 249 g/mol. The molecule has 0 bridgehead atoms.